The van der Waals surface area contributed by atoms with E-state index in [1.807, 2.05) is 23.1 Å². The van der Waals surface area contributed by atoms with Crippen LogP contribution in [-0.2, 0) is 16.1 Å². The second-order valence-electron chi connectivity index (χ2n) is 6.32. The van der Waals surface area contributed by atoms with Crippen LogP contribution in [0.1, 0.15) is 31.2 Å². The van der Waals surface area contributed by atoms with E-state index in [1.54, 1.807) is 6.07 Å². The molecule has 3 rings (SSSR count). The molecular weight excluding hydrogens is 314 g/mol. The van der Waals surface area contributed by atoms with Crippen molar-refractivity contribution in [3.63, 3.8) is 0 Å². The summed E-state index contributed by atoms with van der Waals surface area (Å²) in [7, 11) is 0. The van der Waals surface area contributed by atoms with Crippen LogP contribution in [0.2, 0.25) is 5.02 Å². The van der Waals surface area contributed by atoms with Gasteiger partial charge >= 0.3 is 0 Å². The predicted molar refractivity (Wildman–Crippen MR) is 89.1 cm³/mol. The van der Waals surface area contributed by atoms with E-state index in [4.69, 9.17) is 11.6 Å². The second-order valence-corrected chi connectivity index (χ2v) is 6.75. The summed E-state index contributed by atoms with van der Waals surface area (Å²) in [6, 6.07) is 7.63. The van der Waals surface area contributed by atoms with Crippen molar-refractivity contribution in [3.8, 4) is 0 Å². The Bertz CT molecular complexity index is 589. The van der Waals surface area contributed by atoms with Gasteiger partial charge in [-0.15, -0.1) is 0 Å². The molecule has 1 aromatic rings. The molecule has 6 heteroatoms. The van der Waals surface area contributed by atoms with Crippen LogP contribution in [0.15, 0.2) is 24.3 Å². The normalized spacial score (nSPS) is 21.2. The van der Waals surface area contributed by atoms with Gasteiger partial charge in [0.25, 0.3) is 0 Å². The lowest BCUT2D eigenvalue weighted by atomic mass is 10.2. The van der Waals surface area contributed by atoms with Crippen molar-refractivity contribution in [1.29, 1.82) is 0 Å². The van der Waals surface area contributed by atoms with Gasteiger partial charge in [0, 0.05) is 17.6 Å². The van der Waals surface area contributed by atoms with Crippen molar-refractivity contribution in [2.24, 2.45) is 0 Å². The van der Waals surface area contributed by atoms with Crippen LogP contribution >= 0.6 is 11.6 Å². The van der Waals surface area contributed by atoms with Crippen molar-refractivity contribution in [2.45, 2.75) is 44.3 Å². The molecule has 1 atom stereocenters. The molecule has 2 amide bonds. The third-order valence-electron chi connectivity index (χ3n) is 4.32. The summed E-state index contributed by atoms with van der Waals surface area (Å²) >= 11 is 5.93. The molecule has 0 bridgehead atoms. The Labute approximate surface area is 141 Å². The fourth-order valence-electron chi connectivity index (χ4n) is 2.93. The van der Waals surface area contributed by atoms with Crippen LogP contribution in [0.3, 0.4) is 0 Å². The van der Waals surface area contributed by atoms with Crippen LogP contribution in [0.5, 0.6) is 0 Å². The molecule has 0 unspecified atom stereocenters. The van der Waals surface area contributed by atoms with Crippen LogP contribution < -0.4 is 10.6 Å². The van der Waals surface area contributed by atoms with E-state index in [0.29, 0.717) is 17.6 Å². The second kappa shape index (κ2) is 7.32. The minimum absolute atomic E-state index is 0.0592. The largest absolute Gasteiger partial charge is 0.352 e. The lowest BCUT2D eigenvalue weighted by Crippen LogP contribution is -2.47. The van der Waals surface area contributed by atoms with E-state index >= 15 is 0 Å². The molecule has 1 saturated carbocycles. The van der Waals surface area contributed by atoms with Gasteiger partial charge in [0.1, 0.15) is 0 Å². The van der Waals surface area contributed by atoms with Gasteiger partial charge in [0.05, 0.1) is 12.6 Å². The number of hydrogen-bond donors (Lipinski definition) is 2. The Morgan fingerprint density at radius 2 is 2.09 bits per heavy atom. The van der Waals surface area contributed by atoms with Crippen LogP contribution in [-0.4, -0.2) is 41.9 Å². The van der Waals surface area contributed by atoms with E-state index in [-0.39, 0.29) is 24.4 Å². The van der Waals surface area contributed by atoms with Gasteiger partial charge in [-0.2, -0.15) is 0 Å². The maximum atomic E-state index is 12.2. The number of rotatable bonds is 6. The lowest BCUT2D eigenvalue weighted by Gasteiger charge is -2.23. The molecule has 0 spiro atoms. The Morgan fingerprint density at radius 1 is 1.26 bits per heavy atom. The standard InChI is InChI=1S/C17H22ClN3O2/c18-13-4-1-3-12(9-13)10-19-16(22)11-21-8-2-5-15(21)17(23)20-14-6-7-14/h1,3-4,9,14-15H,2,5-8,10-11H2,(H,19,22)(H,20,23)/t15-/m0/s1. The predicted octanol–water partition coefficient (Wildman–Crippen LogP) is 1.70. The maximum Gasteiger partial charge on any atom is 0.237 e. The van der Waals surface area contributed by atoms with Crippen molar-refractivity contribution < 1.29 is 9.59 Å². The van der Waals surface area contributed by atoms with Gasteiger partial charge in [-0.1, -0.05) is 23.7 Å². The minimum Gasteiger partial charge on any atom is -0.352 e. The first-order valence-corrected chi connectivity index (χ1v) is 8.55. The fraction of sp³-hybridized carbons (Fsp3) is 0.529. The third-order valence-corrected chi connectivity index (χ3v) is 4.55. The monoisotopic (exact) mass is 335 g/mol. The summed E-state index contributed by atoms with van der Waals surface area (Å²) < 4.78 is 0. The minimum atomic E-state index is -0.160. The molecule has 1 saturated heterocycles. The molecule has 1 heterocycles. The first kappa shape index (κ1) is 16.3. The Kier molecular flexibility index (Phi) is 5.18. The zero-order chi connectivity index (χ0) is 16.2. The number of hydrogen-bond acceptors (Lipinski definition) is 3. The molecule has 23 heavy (non-hydrogen) atoms. The molecule has 5 nitrogen and oxygen atoms in total. The van der Waals surface area contributed by atoms with Gasteiger partial charge in [-0.05, 0) is 49.9 Å². The molecule has 2 fully saturated rings. The highest BCUT2D eigenvalue weighted by Gasteiger charge is 2.34. The average molecular weight is 336 g/mol. The molecule has 1 aliphatic carbocycles. The summed E-state index contributed by atoms with van der Waals surface area (Å²) in [5.74, 6) is 0.0174. The van der Waals surface area contributed by atoms with Crippen LogP contribution in [0, 0.1) is 0 Å². The van der Waals surface area contributed by atoms with E-state index in [2.05, 4.69) is 10.6 Å². The topological polar surface area (TPSA) is 61.4 Å². The highest BCUT2D eigenvalue weighted by molar-refractivity contribution is 6.30. The highest BCUT2D eigenvalue weighted by atomic mass is 35.5. The molecule has 1 aliphatic heterocycles. The average Bonchev–Trinajstić information content (AvgIpc) is 3.21. The van der Waals surface area contributed by atoms with Gasteiger partial charge < -0.3 is 10.6 Å². The number of carbonyl (C=O) groups excluding carboxylic acids is 2. The van der Waals surface area contributed by atoms with Crippen molar-refractivity contribution >= 4 is 23.4 Å². The smallest absolute Gasteiger partial charge is 0.237 e. The number of amides is 2. The van der Waals surface area contributed by atoms with Crippen molar-refractivity contribution in [1.82, 2.24) is 15.5 Å². The van der Waals surface area contributed by atoms with Gasteiger partial charge in [0.15, 0.2) is 0 Å². The third kappa shape index (κ3) is 4.69. The molecule has 124 valence electrons. The molecule has 0 radical (unpaired) electrons. The fourth-order valence-corrected chi connectivity index (χ4v) is 3.14. The van der Waals surface area contributed by atoms with Gasteiger partial charge in [0.2, 0.25) is 11.8 Å². The van der Waals surface area contributed by atoms with E-state index in [0.717, 1.165) is 37.8 Å². The summed E-state index contributed by atoms with van der Waals surface area (Å²) in [4.78, 5) is 26.3. The maximum absolute atomic E-state index is 12.2. The Balaban J connectivity index is 1.47. The zero-order valence-corrected chi connectivity index (χ0v) is 13.8. The van der Waals surface area contributed by atoms with Gasteiger partial charge in [-0.3, -0.25) is 14.5 Å². The first-order valence-electron chi connectivity index (χ1n) is 8.17. The highest BCUT2D eigenvalue weighted by Crippen LogP contribution is 2.22. The molecular formula is C17H22ClN3O2. The number of carbonyl (C=O) groups is 2. The summed E-state index contributed by atoms with van der Waals surface area (Å²) in [6.07, 6.45) is 3.96. The number of halogens is 1. The molecule has 2 aliphatic rings. The van der Waals surface area contributed by atoms with Crippen LogP contribution in [0.4, 0.5) is 0 Å². The van der Waals surface area contributed by atoms with Crippen molar-refractivity contribution in [3.05, 3.63) is 34.9 Å². The number of nitrogens with zero attached hydrogens (tertiary/aromatic N) is 1. The van der Waals surface area contributed by atoms with Crippen LogP contribution in [0.25, 0.3) is 0 Å². The number of nitrogens with one attached hydrogen (secondary N) is 2. The molecule has 2 N–H and O–H groups in total. The molecule has 1 aromatic carbocycles. The Morgan fingerprint density at radius 3 is 2.83 bits per heavy atom. The summed E-state index contributed by atoms with van der Waals surface area (Å²) in [5, 5.41) is 6.59. The lowest BCUT2D eigenvalue weighted by molar-refractivity contribution is -0.127. The SMILES string of the molecule is O=C(CN1CCC[C@H]1C(=O)NC1CC1)NCc1cccc(Cl)c1. The quantitative estimate of drug-likeness (QED) is 0.832. The summed E-state index contributed by atoms with van der Waals surface area (Å²) in [5.41, 5.74) is 0.968. The first-order chi connectivity index (χ1) is 11.1. The summed E-state index contributed by atoms with van der Waals surface area (Å²) in [6.45, 7) is 1.52. The van der Waals surface area contributed by atoms with Crippen molar-refractivity contribution in [2.75, 3.05) is 13.1 Å². The van der Waals surface area contributed by atoms with E-state index in [1.165, 1.54) is 0 Å². The number of benzene rings is 1. The van der Waals surface area contributed by atoms with E-state index < -0.39 is 0 Å². The van der Waals surface area contributed by atoms with Gasteiger partial charge in [-0.25, -0.2) is 0 Å². The number of likely N-dealkylation sites (tertiary alicyclic amines) is 1. The van der Waals surface area contributed by atoms with E-state index in [9.17, 15) is 9.59 Å². The zero-order valence-electron chi connectivity index (χ0n) is 13.1. The molecule has 0 aromatic heterocycles. The Hall–Kier alpha value is -1.59.